The zero-order valence-corrected chi connectivity index (χ0v) is 14.9. The van der Waals surface area contributed by atoms with Crippen molar-refractivity contribution in [3.63, 3.8) is 0 Å². The number of aromatic nitrogens is 1. The molecule has 1 saturated heterocycles. The molecule has 7 heteroatoms. The average Bonchev–Trinajstić information content (AvgIpc) is 2.56. The summed E-state index contributed by atoms with van der Waals surface area (Å²) in [5, 5.41) is 1.02. The average molecular weight is 349 g/mol. The summed E-state index contributed by atoms with van der Waals surface area (Å²) in [6, 6.07) is 7.90. The quantitative estimate of drug-likeness (QED) is 0.903. The summed E-state index contributed by atoms with van der Waals surface area (Å²) < 4.78 is 25.3. The summed E-state index contributed by atoms with van der Waals surface area (Å²) >= 11 is 0. The number of nitrogens with zero attached hydrogens (tertiary/aromatic N) is 2. The zero-order valence-electron chi connectivity index (χ0n) is 14.1. The minimum absolute atomic E-state index is 0.0741. The van der Waals surface area contributed by atoms with Gasteiger partial charge in [-0.2, -0.15) is 4.31 Å². The number of benzene rings is 1. The lowest BCUT2D eigenvalue weighted by atomic mass is 10.1. The second kappa shape index (κ2) is 6.66. The van der Waals surface area contributed by atoms with Gasteiger partial charge in [-0.05, 0) is 37.4 Å². The van der Waals surface area contributed by atoms with Gasteiger partial charge in [0.05, 0.1) is 5.75 Å². The number of fused-ring (bicyclic) bond motifs is 1. The van der Waals surface area contributed by atoms with Gasteiger partial charge >= 0.3 is 0 Å². The van der Waals surface area contributed by atoms with Crippen LogP contribution >= 0.6 is 0 Å². The molecule has 0 atom stereocenters. The number of sulfonamides is 1. The largest absolute Gasteiger partial charge is 0.322 e. The third-order valence-corrected chi connectivity index (χ3v) is 6.44. The van der Waals surface area contributed by atoms with Gasteiger partial charge in [-0.1, -0.05) is 11.6 Å². The van der Waals surface area contributed by atoms with E-state index in [4.69, 9.17) is 0 Å². The number of aryl methyl sites for hydroxylation is 1. The third kappa shape index (κ3) is 3.53. The van der Waals surface area contributed by atoms with Gasteiger partial charge in [-0.25, -0.2) is 8.42 Å². The summed E-state index contributed by atoms with van der Waals surface area (Å²) in [5.74, 6) is 0.136. The molecule has 0 radical (unpaired) electrons. The van der Waals surface area contributed by atoms with Crippen molar-refractivity contribution in [1.29, 1.82) is 0 Å². The third-order valence-electron chi connectivity index (χ3n) is 4.56. The van der Waals surface area contributed by atoms with Crippen LogP contribution in [0.5, 0.6) is 0 Å². The maximum atomic E-state index is 12.3. The second-order valence-corrected chi connectivity index (χ2v) is 8.55. The van der Waals surface area contributed by atoms with E-state index in [2.05, 4.69) is 16.0 Å². The van der Waals surface area contributed by atoms with Crippen molar-refractivity contribution in [3.8, 4) is 0 Å². The van der Waals surface area contributed by atoms with Gasteiger partial charge in [-0.15, -0.1) is 0 Å². The fourth-order valence-corrected chi connectivity index (χ4v) is 4.16. The topological polar surface area (TPSA) is 73.5 Å². The Kier molecular flexibility index (Phi) is 4.76. The van der Waals surface area contributed by atoms with Gasteiger partial charge in [0.25, 0.3) is 5.56 Å². The maximum absolute atomic E-state index is 12.3. The number of hydrogen-bond donors (Lipinski definition) is 1. The highest BCUT2D eigenvalue weighted by Crippen LogP contribution is 2.15. The number of rotatable bonds is 4. The van der Waals surface area contributed by atoms with Crippen molar-refractivity contribution in [1.82, 2.24) is 14.2 Å². The van der Waals surface area contributed by atoms with Gasteiger partial charge in [0.15, 0.2) is 0 Å². The first-order valence-corrected chi connectivity index (χ1v) is 9.83. The van der Waals surface area contributed by atoms with Crippen LogP contribution in [0.1, 0.15) is 18.1 Å². The SMILES string of the molecule is CCS(=O)(=O)N1CCN(Cc2cc3cc(C)ccc3[nH]c2=O)CC1. The summed E-state index contributed by atoms with van der Waals surface area (Å²) in [5.41, 5.74) is 2.64. The molecule has 24 heavy (non-hydrogen) atoms. The fraction of sp³-hybridized carbons (Fsp3) is 0.471. The highest BCUT2D eigenvalue weighted by Gasteiger charge is 2.25. The number of H-pyrrole nitrogens is 1. The van der Waals surface area contributed by atoms with Crippen molar-refractivity contribution in [2.75, 3.05) is 31.9 Å². The molecule has 1 N–H and O–H groups in total. The van der Waals surface area contributed by atoms with Crippen molar-refractivity contribution in [2.45, 2.75) is 20.4 Å². The van der Waals surface area contributed by atoms with E-state index in [0.29, 0.717) is 32.7 Å². The molecule has 2 aromatic rings. The smallest absolute Gasteiger partial charge is 0.252 e. The van der Waals surface area contributed by atoms with E-state index in [0.717, 1.165) is 22.0 Å². The minimum Gasteiger partial charge on any atom is -0.322 e. The number of nitrogens with one attached hydrogen (secondary N) is 1. The van der Waals surface area contributed by atoms with E-state index < -0.39 is 10.0 Å². The van der Waals surface area contributed by atoms with E-state index in [1.165, 1.54) is 4.31 Å². The van der Waals surface area contributed by atoms with E-state index in [1.54, 1.807) is 6.92 Å². The molecule has 6 nitrogen and oxygen atoms in total. The van der Waals surface area contributed by atoms with Gasteiger partial charge in [-0.3, -0.25) is 9.69 Å². The van der Waals surface area contributed by atoms with E-state index >= 15 is 0 Å². The Balaban J connectivity index is 1.74. The lowest BCUT2D eigenvalue weighted by Gasteiger charge is -2.33. The molecule has 0 amide bonds. The second-order valence-electron chi connectivity index (χ2n) is 6.29. The van der Waals surface area contributed by atoms with Crippen molar-refractivity contribution in [3.05, 3.63) is 45.7 Å². The molecule has 0 spiro atoms. The summed E-state index contributed by atoms with van der Waals surface area (Å²) in [7, 11) is -3.12. The Labute approximate surface area is 142 Å². The predicted molar refractivity (Wildman–Crippen MR) is 95.6 cm³/mol. The normalized spacial score (nSPS) is 17.4. The molecule has 1 aromatic carbocycles. The van der Waals surface area contributed by atoms with E-state index in [-0.39, 0.29) is 11.3 Å². The number of aromatic amines is 1. The molecular formula is C17H23N3O3S. The van der Waals surface area contributed by atoms with Crippen LogP contribution in [0.25, 0.3) is 10.9 Å². The van der Waals surface area contributed by atoms with E-state index in [9.17, 15) is 13.2 Å². The summed E-state index contributed by atoms with van der Waals surface area (Å²) in [6.45, 7) is 6.49. The molecule has 3 rings (SSSR count). The van der Waals surface area contributed by atoms with Crippen LogP contribution in [-0.4, -0.2) is 54.5 Å². The Bertz CT molecular complexity index is 897. The number of piperazine rings is 1. The number of pyridine rings is 1. The highest BCUT2D eigenvalue weighted by atomic mass is 32.2. The van der Waals surface area contributed by atoms with Crippen LogP contribution in [0, 0.1) is 6.92 Å². The molecular weight excluding hydrogens is 326 g/mol. The van der Waals surface area contributed by atoms with Crippen LogP contribution in [0.15, 0.2) is 29.1 Å². The van der Waals surface area contributed by atoms with Gasteiger partial charge < -0.3 is 4.98 Å². The molecule has 0 saturated carbocycles. The molecule has 1 fully saturated rings. The molecule has 0 bridgehead atoms. The first-order valence-electron chi connectivity index (χ1n) is 8.22. The molecule has 1 aliphatic rings. The first-order chi connectivity index (χ1) is 11.4. The summed E-state index contributed by atoms with van der Waals surface area (Å²) in [4.78, 5) is 17.3. The minimum atomic E-state index is -3.12. The van der Waals surface area contributed by atoms with Crippen LogP contribution in [0.3, 0.4) is 0 Å². The van der Waals surface area contributed by atoms with Crippen molar-refractivity contribution < 1.29 is 8.42 Å². The molecule has 0 aliphatic carbocycles. The summed E-state index contributed by atoms with van der Waals surface area (Å²) in [6.07, 6.45) is 0. The Morgan fingerprint density at radius 2 is 1.83 bits per heavy atom. The van der Waals surface area contributed by atoms with Crippen LogP contribution in [0.2, 0.25) is 0 Å². The van der Waals surface area contributed by atoms with Crippen LogP contribution in [-0.2, 0) is 16.6 Å². The maximum Gasteiger partial charge on any atom is 0.252 e. The molecule has 1 aromatic heterocycles. The Morgan fingerprint density at radius 1 is 1.12 bits per heavy atom. The van der Waals surface area contributed by atoms with Crippen LogP contribution in [0.4, 0.5) is 0 Å². The van der Waals surface area contributed by atoms with Gasteiger partial charge in [0.2, 0.25) is 10.0 Å². The van der Waals surface area contributed by atoms with Gasteiger partial charge in [0.1, 0.15) is 0 Å². The van der Waals surface area contributed by atoms with Gasteiger partial charge in [0, 0.05) is 43.8 Å². The van der Waals surface area contributed by atoms with Crippen LogP contribution < -0.4 is 5.56 Å². The monoisotopic (exact) mass is 349 g/mol. The molecule has 130 valence electrons. The fourth-order valence-electron chi connectivity index (χ4n) is 3.08. The van der Waals surface area contributed by atoms with Crippen molar-refractivity contribution in [2.24, 2.45) is 0 Å². The number of hydrogen-bond acceptors (Lipinski definition) is 4. The lowest BCUT2D eigenvalue weighted by molar-refractivity contribution is 0.181. The van der Waals surface area contributed by atoms with Crippen molar-refractivity contribution >= 4 is 20.9 Å². The zero-order chi connectivity index (χ0) is 17.3. The highest BCUT2D eigenvalue weighted by molar-refractivity contribution is 7.89. The lowest BCUT2D eigenvalue weighted by Crippen LogP contribution is -2.49. The first kappa shape index (κ1) is 17.1. The van der Waals surface area contributed by atoms with E-state index in [1.807, 2.05) is 25.1 Å². The molecule has 2 heterocycles. The molecule has 0 unspecified atom stereocenters. The Hall–Kier alpha value is -1.70. The molecule has 1 aliphatic heterocycles. The standard InChI is InChI=1S/C17H23N3O3S/c1-3-24(22,23)20-8-6-19(7-9-20)12-15-11-14-10-13(2)4-5-16(14)18-17(15)21/h4-5,10-11H,3,6-9,12H2,1-2H3,(H,18,21). The Morgan fingerprint density at radius 3 is 2.50 bits per heavy atom. The predicted octanol–water partition coefficient (Wildman–Crippen LogP) is 1.30.